The summed E-state index contributed by atoms with van der Waals surface area (Å²) in [6.07, 6.45) is -3.48. The van der Waals surface area contributed by atoms with Crippen molar-refractivity contribution in [1.29, 1.82) is 0 Å². The second kappa shape index (κ2) is 47.6. The lowest BCUT2D eigenvalue weighted by molar-refractivity contribution is -0.142. The molecule has 37 nitrogen and oxygen atoms in total. The van der Waals surface area contributed by atoms with Crippen molar-refractivity contribution < 1.29 is 92.3 Å². The van der Waals surface area contributed by atoms with E-state index in [1.807, 2.05) is 0 Å². The summed E-state index contributed by atoms with van der Waals surface area (Å²) in [6, 6.07) is 9.57. The third-order valence-electron chi connectivity index (χ3n) is 18.3. The number of rotatable bonds is 26. The molecule has 624 valence electrons. The average Bonchev–Trinajstić information content (AvgIpc) is 1.81. The minimum absolute atomic E-state index is 0.104. The zero-order chi connectivity index (χ0) is 84.3. The number of primary amides is 1. The Labute approximate surface area is 670 Å². The molecule has 1 aliphatic rings. The van der Waals surface area contributed by atoms with Gasteiger partial charge in [0, 0.05) is 54.3 Å². The fraction of sp³-hybridized carbons (Fsp3) is 0.461. The van der Waals surface area contributed by atoms with Crippen LogP contribution in [0.2, 0.25) is 0 Å². The van der Waals surface area contributed by atoms with Gasteiger partial charge in [-0.1, -0.05) is 131 Å². The minimum Gasteiger partial charge on any atom is -0.480 e. The Kier molecular flexibility index (Phi) is 38.4. The maximum Gasteiger partial charge on any atom is 0.327 e. The zero-order valence-corrected chi connectivity index (χ0v) is 65.4. The van der Waals surface area contributed by atoms with Gasteiger partial charge in [0.1, 0.15) is 72.5 Å². The van der Waals surface area contributed by atoms with Crippen molar-refractivity contribution in [1.82, 2.24) is 74.1 Å². The van der Waals surface area contributed by atoms with E-state index in [1.165, 1.54) is 6.92 Å². The molecule has 0 radical (unpaired) electrons. The molecular weight excluding hydrogens is 1530 g/mol. The maximum atomic E-state index is 15.4. The third-order valence-corrected chi connectivity index (χ3v) is 20.7. The van der Waals surface area contributed by atoms with E-state index >= 15 is 14.4 Å². The normalized spacial score (nSPS) is 23.7. The molecule has 1 fully saturated rings. The van der Waals surface area contributed by atoms with E-state index in [2.05, 4.69) is 74.1 Å². The van der Waals surface area contributed by atoms with E-state index in [-0.39, 0.29) is 70.9 Å². The van der Waals surface area contributed by atoms with Crippen LogP contribution in [-0.4, -0.2) is 243 Å². The summed E-state index contributed by atoms with van der Waals surface area (Å²) in [4.78, 5) is 217. The topological polar surface area (TPSA) is 613 Å². The fourth-order valence-corrected chi connectivity index (χ4v) is 14.3. The number of hydrogen-bond donors (Lipinski definition) is 22. The van der Waals surface area contributed by atoms with Gasteiger partial charge >= 0.3 is 5.97 Å². The van der Waals surface area contributed by atoms with Crippen molar-refractivity contribution in [3.05, 3.63) is 144 Å². The van der Waals surface area contributed by atoms with E-state index in [0.717, 1.165) is 35.4 Å². The number of carboxylic acids is 1. The van der Waals surface area contributed by atoms with E-state index in [1.54, 1.807) is 121 Å². The Morgan fingerprint density at radius 1 is 0.470 bits per heavy atom. The number of hydrogen-bond acceptors (Lipinski definition) is 23. The summed E-state index contributed by atoms with van der Waals surface area (Å²) in [7, 11) is 1.49. The molecule has 14 amide bonds. The second-order valence-electron chi connectivity index (χ2n) is 27.6. The molecule has 1 saturated heterocycles. The predicted octanol–water partition coefficient (Wildman–Crippen LogP) is -4.91. The molecule has 2 heterocycles. The van der Waals surface area contributed by atoms with Crippen LogP contribution in [0.25, 0.3) is 10.9 Å². The highest BCUT2D eigenvalue weighted by Crippen LogP contribution is 2.25. The van der Waals surface area contributed by atoms with Crippen LogP contribution >= 0.6 is 21.6 Å². The number of benzene rings is 4. The lowest BCUT2D eigenvalue weighted by Gasteiger charge is -2.29. The molecule has 0 spiro atoms. The van der Waals surface area contributed by atoms with Crippen molar-refractivity contribution in [3.8, 4) is 0 Å². The molecule has 1 aromatic heterocycles. The third kappa shape index (κ3) is 30.7. The first-order chi connectivity index (χ1) is 54.9. The monoisotopic (exact) mass is 1640 g/mol. The van der Waals surface area contributed by atoms with Gasteiger partial charge in [0.05, 0.1) is 37.8 Å². The van der Waals surface area contributed by atoms with Gasteiger partial charge in [0.25, 0.3) is 0 Å². The number of H-pyrrole nitrogens is 1. The van der Waals surface area contributed by atoms with Gasteiger partial charge in [0.15, 0.2) is 0 Å². The van der Waals surface area contributed by atoms with E-state index in [0.29, 0.717) is 39.6 Å². The van der Waals surface area contributed by atoms with Crippen LogP contribution < -0.4 is 92.1 Å². The number of fused-ring (bicyclic) bond motifs is 1. The van der Waals surface area contributed by atoms with Crippen LogP contribution in [0.15, 0.2) is 121 Å². The lowest BCUT2D eigenvalue weighted by atomic mass is 10.00. The predicted molar refractivity (Wildman–Crippen MR) is 425 cm³/mol. The first kappa shape index (κ1) is 92.8. The molecule has 15 atom stereocenters. The van der Waals surface area contributed by atoms with Gasteiger partial charge in [-0.25, -0.2) is 4.79 Å². The quantitative estimate of drug-likeness (QED) is 0.0182. The number of aliphatic carboxylic acids is 1. The molecule has 0 aliphatic carbocycles. The Morgan fingerprint density at radius 3 is 1.30 bits per heavy atom. The van der Waals surface area contributed by atoms with Crippen LogP contribution in [0.5, 0.6) is 0 Å². The molecule has 26 N–H and O–H groups in total. The number of aromatic amines is 1. The number of nitrogens with two attached hydrogens (primary N) is 4. The van der Waals surface area contributed by atoms with Crippen molar-refractivity contribution in [3.63, 3.8) is 0 Å². The molecule has 6 rings (SSSR count). The molecular formula is C76H104N18O19S2. The van der Waals surface area contributed by atoms with Crippen molar-refractivity contribution in [2.24, 2.45) is 22.9 Å². The van der Waals surface area contributed by atoms with Crippen LogP contribution in [0.4, 0.5) is 0 Å². The zero-order valence-electron chi connectivity index (χ0n) is 63.8. The van der Waals surface area contributed by atoms with Gasteiger partial charge in [-0.3, -0.25) is 67.1 Å². The number of carbonyl (C=O) groups is 15. The highest BCUT2D eigenvalue weighted by Gasteiger charge is 2.40. The van der Waals surface area contributed by atoms with Crippen molar-refractivity contribution in [2.75, 3.05) is 37.7 Å². The lowest BCUT2D eigenvalue weighted by Crippen LogP contribution is -2.63. The standard InChI is InChI=1S/C76H104N18O19S2/c1-41(79)64(100)82-37-61(99)83-58-39-114-115-40-59(76(112)113)92-72(108)57(38-95)91-75(111)63(43(3)97)94-71(107)54(33-46-23-11-6-12-24-46)90-74(110)62(42(2)96)93-66(102)51(28-16-18-30-78)84-69(105)55(34-47-36-81-49-26-14-13-25-48(47)49)88-68(104)53(32-45-21-9-5-10-22-45)86-67(103)52(31-44-19-7-4-8-20-44)87-70(106)56(35-60(80)98)89-65(101)50(85-73(58)109)27-15-17-29-77/h4-14,19-26,36,41-43,50-59,62-63,81,95-97H,15-18,27-35,37-40,77-79H2,1-3H3,(H2,80,98)(H,82,100)(H,83,99)(H,84,105)(H,85,109)(H,86,103)(H,87,106)(H,88,104)(H,89,101)(H,90,110)(H,91,111)(H,92,108)(H,93,102)(H,94,107)(H,112,113)/t41-,42?,43?,50-,51-,52-,53-,54-,55+,56-,57-,58-,59+,62-,63-/m0/s1. The summed E-state index contributed by atoms with van der Waals surface area (Å²) < 4.78 is 0. The number of amides is 14. The summed E-state index contributed by atoms with van der Waals surface area (Å²) in [6.45, 7) is 1.88. The summed E-state index contributed by atoms with van der Waals surface area (Å²) in [5.74, 6) is -17.7. The number of nitrogens with one attached hydrogen (secondary N) is 14. The molecule has 5 aromatic rings. The van der Waals surface area contributed by atoms with E-state index < -0.39 is 210 Å². The first-order valence-corrected chi connectivity index (χ1v) is 39.8. The summed E-state index contributed by atoms with van der Waals surface area (Å²) in [5.41, 5.74) is 25.6. The minimum atomic E-state index is -1.99. The molecule has 0 saturated carbocycles. The van der Waals surface area contributed by atoms with Gasteiger partial charge < -0.3 is 117 Å². The smallest absolute Gasteiger partial charge is 0.327 e. The number of para-hydroxylation sites is 1. The van der Waals surface area contributed by atoms with Crippen LogP contribution in [-0.2, 0) is 97.6 Å². The summed E-state index contributed by atoms with van der Waals surface area (Å²) >= 11 is 0. The Balaban J connectivity index is 1.47. The molecule has 4 aromatic carbocycles. The van der Waals surface area contributed by atoms with E-state index in [4.69, 9.17) is 22.9 Å². The number of aliphatic hydroxyl groups is 3. The number of aliphatic hydroxyl groups excluding tert-OH is 3. The summed E-state index contributed by atoms with van der Waals surface area (Å²) in [5, 5.41) is 76.1. The Bertz CT molecular complexity index is 4130. The SMILES string of the molecule is CC(O)[C@@H]1NC(=O)[C@H](CCCCN)NC(=O)[C@@H](Cc2c[nH]c3ccccc23)NC(=O)[C@H](Cc2ccccc2)NC(=O)[C@H](Cc2ccccc2)NC(=O)[C@H](CC(N)=O)NC(=O)[C@H](CCCCN)NC(=O)[C@@H](NC(=O)CNC(=O)[C@H](C)N)CSSC[C@H](C(=O)O)NC(=O)[C@H](CO)NC(=O)[C@H](C(C)O)NC(=O)[C@H](Cc2ccccc2)NC1=O. The van der Waals surface area contributed by atoms with Gasteiger partial charge in [0.2, 0.25) is 82.7 Å². The largest absolute Gasteiger partial charge is 0.480 e. The highest BCUT2D eigenvalue weighted by molar-refractivity contribution is 8.76. The van der Waals surface area contributed by atoms with E-state index in [9.17, 15) is 78.0 Å². The molecule has 1 aliphatic heterocycles. The highest BCUT2D eigenvalue weighted by atomic mass is 33.1. The number of aromatic nitrogens is 1. The molecule has 2 unspecified atom stereocenters. The Hall–Kier alpha value is -11.1. The maximum absolute atomic E-state index is 15.4. The van der Waals surface area contributed by atoms with Crippen LogP contribution in [0, 0.1) is 0 Å². The van der Waals surface area contributed by atoms with Gasteiger partial charge in [-0.2, -0.15) is 0 Å². The van der Waals surface area contributed by atoms with Crippen molar-refractivity contribution >= 4 is 121 Å². The second-order valence-corrected chi connectivity index (χ2v) is 30.1. The fourth-order valence-electron chi connectivity index (χ4n) is 11.9. The van der Waals surface area contributed by atoms with Gasteiger partial charge in [-0.15, -0.1) is 0 Å². The molecule has 39 heteroatoms. The van der Waals surface area contributed by atoms with Gasteiger partial charge in [-0.05, 0) is 101 Å². The molecule has 115 heavy (non-hydrogen) atoms. The number of carbonyl (C=O) groups excluding carboxylic acids is 14. The first-order valence-electron chi connectivity index (χ1n) is 37.4. The Morgan fingerprint density at radius 2 is 0.852 bits per heavy atom. The van der Waals surface area contributed by atoms with Crippen LogP contribution in [0.1, 0.15) is 88.0 Å². The number of unbranched alkanes of at least 4 members (excludes halogenated alkanes) is 2. The van der Waals surface area contributed by atoms with Crippen molar-refractivity contribution in [2.45, 2.75) is 182 Å². The number of carboxylic acid groups (broad SMARTS) is 1. The average molecular weight is 1640 g/mol. The molecule has 0 bridgehead atoms. The van der Waals surface area contributed by atoms with Crippen LogP contribution in [0.3, 0.4) is 0 Å².